The zero-order valence-electron chi connectivity index (χ0n) is 17.2. The van der Waals surface area contributed by atoms with E-state index in [-0.39, 0.29) is 18.3 Å². The molecule has 0 aliphatic rings. The summed E-state index contributed by atoms with van der Waals surface area (Å²) >= 11 is 1.32. The van der Waals surface area contributed by atoms with E-state index in [1.807, 2.05) is 22.8 Å². The third kappa shape index (κ3) is 6.00. The summed E-state index contributed by atoms with van der Waals surface area (Å²) < 4.78 is 13.0. The van der Waals surface area contributed by atoms with Gasteiger partial charge in [-0.15, -0.1) is 16.8 Å². The van der Waals surface area contributed by atoms with Crippen molar-refractivity contribution in [3.63, 3.8) is 0 Å². The molecule has 8 heteroatoms. The predicted octanol–water partition coefficient (Wildman–Crippen LogP) is 4.17. The zero-order chi connectivity index (χ0) is 21.3. The minimum atomic E-state index is -0.104. The van der Waals surface area contributed by atoms with Crippen LogP contribution in [0.5, 0.6) is 5.75 Å². The van der Waals surface area contributed by atoms with Crippen molar-refractivity contribution in [3.05, 3.63) is 72.5 Å². The molecule has 7 nitrogen and oxygen atoms in total. The lowest BCUT2D eigenvalue weighted by atomic mass is 10.0. The van der Waals surface area contributed by atoms with Crippen molar-refractivity contribution in [1.82, 2.24) is 20.1 Å². The van der Waals surface area contributed by atoms with Crippen molar-refractivity contribution in [1.29, 1.82) is 0 Å². The van der Waals surface area contributed by atoms with Crippen molar-refractivity contribution in [2.24, 2.45) is 0 Å². The van der Waals surface area contributed by atoms with E-state index in [2.05, 4.69) is 48.1 Å². The number of amides is 1. The number of carbonyl (C=O) groups excluding carboxylic acids is 1. The Kier molecular flexibility index (Phi) is 7.73. The smallest absolute Gasteiger partial charge is 0.230 e. The van der Waals surface area contributed by atoms with Crippen LogP contribution in [0.4, 0.5) is 0 Å². The van der Waals surface area contributed by atoms with Gasteiger partial charge in [-0.3, -0.25) is 9.36 Å². The topological polar surface area (TPSA) is 82.2 Å². The molecule has 30 heavy (non-hydrogen) atoms. The Morgan fingerprint density at radius 3 is 2.77 bits per heavy atom. The van der Waals surface area contributed by atoms with Gasteiger partial charge in [-0.1, -0.05) is 43.8 Å². The average molecular weight is 427 g/mol. The summed E-state index contributed by atoms with van der Waals surface area (Å²) in [4.78, 5) is 12.1. The molecule has 0 unspecified atom stereocenters. The summed E-state index contributed by atoms with van der Waals surface area (Å²) in [5.41, 5.74) is 1.26. The number of benzene rings is 1. The molecule has 158 valence electrons. The fourth-order valence-electron chi connectivity index (χ4n) is 2.72. The Morgan fingerprint density at radius 1 is 1.30 bits per heavy atom. The Bertz CT molecular complexity index is 949. The van der Waals surface area contributed by atoms with E-state index in [0.29, 0.717) is 35.7 Å². The first kappa shape index (κ1) is 21.7. The van der Waals surface area contributed by atoms with Gasteiger partial charge in [0.15, 0.2) is 11.0 Å². The maximum Gasteiger partial charge on any atom is 0.230 e. The first-order chi connectivity index (χ1) is 14.6. The molecule has 0 atom stereocenters. The average Bonchev–Trinajstić information content (AvgIpc) is 3.40. The van der Waals surface area contributed by atoms with Crippen LogP contribution in [0.1, 0.15) is 36.9 Å². The molecule has 0 radical (unpaired) electrons. The maximum absolute atomic E-state index is 12.1. The monoisotopic (exact) mass is 426 g/mol. The maximum atomic E-state index is 12.1. The second-order valence-electron chi connectivity index (χ2n) is 6.96. The van der Waals surface area contributed by atoms with E-state index in [0.717, 1.165) is 5.75 Å². The van der Waals surface area contributed by atoms with E-state index in [4.69, 9.17) is 9.15 Å². The number of nitrogens with zero attached hydrogens (tertiary/aromatic N) is 3. The number of rotatable bonds is 11. The van der Waals surface area contributed by atoms with Crippen LogP contribution in [0, 0.1) is 0 Å². The Hall–Kier alpha value is -3.00. The summed E-state index contributed by atoms with van der Waals surface area (Å²) in [5, 5.41) is 11.9. The highest BCUT2D eigenvalue weighted by Gasteiger charge is 2.14. The van der Waals surface area contributed by atoms with E-state index in [1.165, 1.54) is 17.3 Å². The minimum absolute atomic E-state index is 0.104. The lowest BCUT2D eigenvalue weighted by Gasteiger charge is -2.10. The van der Waals surface area contributed by atoms with Crippen LogP contribution in [0.3, 0.4) is 0 Å². The second kappa shape index (κ2) is 10.7. The largest absolute Gasteiger partial charge is 0.486 e. The molecule has 1 aromatic carbocycles. The van der Waals surface area contributed by atoms with Gasteiger partial charge in [-0.05, 0) is 35.7 Å². The Morgan fingerprint density at radius 2 is 2.10 bits per heavy atom. The van der Waals surface area contributed by atoms with Crippen molar-refractivity contribution in [3.8, 4) is 5.75 Å². The number of hydrogen-bond acceptors (Lipinski definition) is 6. The number of hydrogen-bond donors (Lipinski definition) is 1. The molecule has 0 bridgehead atoms. The molecule has 0 aliphatic carbocycles. The predicted molar refractivity (Wildman–Crippen MR) is 116 cm³/mol. The van der Waals surface area contributed by atoms with Gasteiger partial charge < -0.3 is 14.5 Å². The fourth-order valence-corrected chi connectivity index (χ4v) is 3.52. The molecule has 1 amide bonds. The molecule has 0 saturated heterocycles. The molecular weight excluding hydrogens is 400 g/mol. The molecule has 0 aliphatic heterocycles. The third-order valence-electron chi connectivity index (χ3n) is 4.39. The first-order valence-electron chi connectivity index (χ1n) is 9.74. The van der Waals surface area contributed by atoms with Crippen molar-refractivity contribution in [2.45, 2.75) is 44.6 Å². The van der Waals surface area contributed by atoms with Gasteiger partial charge >= 0.3 is 0 Å². The highest BCUT2D eigenvalue weighted by molar-refractivity contribution is 7.99. The normalized spacial score (nSPS) is 10.9. The second-order valence-corrected chi connectivity index (χ2v) is 7.90. The van der Waals surface area contributed by atoms with E-state index < -0.39 is 0 Å². The first-order valence-corrected chi connectivity index (χ1v) is 10.7. The molecule has 0 fully saturated rings. The molecule has 3 aromatic rings. The van der Waals surface area contributed by atoms with Crippen LogP contribution in [0.15, 0.2) is 64.9 Å². The van der Waals surface area contributed by atoms with E-state index >= 15 is 0 Å². The van der Waals surface area contributed by atoms with Gasteiger partial charge in [-0.2, -0.15) is 0 Å². The number of allylic oxidation sites excluding steroid dienone is 1. The van der Waals surface area contributed by atoms with Gasteiger partial charge in [-0.25, -0.2) is 0 Å². The number of nitrogens with one attached hydrogen (secondary N) is 1. The number of aromatic nitrogens is 3. The van der Waals surface area contributed by atoms with Gasteiger partial charge in [0.05, 0.1) is 18.6 Å². The molecule has 0 spiro atoms. The van der Waals surface area contributed by atoms with Gasteiger partial charge in [0.25, 0.3) is 0 Å². The van der Waals surface area contributed by atoms with E-state index in [9.17, 15) is 4.79 Å². The van der Waals surface area contributed by atoms with Crippen LogP contribution in [0.25, 0.3) is 0 Å². The molecule has 0 saturated carbocycles. The molecule has 2 aromatic heterocycles. The van der Waals surface area contributed by atoms with Crippen LogP contribution in [-0.2, 0) is 24.5 Å². The van der Waals surface area contributed by atoms with Gasteiger partial charge in [0.1, 0.15) is 18.1 Å². The number of ether oxygens (including phenoxy) is 1. The van der Waals surface area contributed by atoms with Crippen LogP contribution < -0.4 is 10.1 Å². The molecule has 3 rings (SSSR count). The lowest BCUT2D eigenvalue weighted by Crippen LogP contribution is -2.24. The molecule has 2 heterocycles. The van der Waals surface area contributed by atoms with Gasteiger partial charge in [0, 0.05) is 6.54 Å². The number of thioether (sulfide) groups is 1. The third-order valence-corrected chi connectivity index (χ3v) is 5.36. The number of furan rings is 1. The zero-order valence-corrected chi connectivity index (χ0v) is 18.0. The summed E-state index contributed by atoms with van der Waals surface area (Å²) in [6, 6.07) is 11.7. The van der Waals surface area contributed by atoms with Crippen molar-refractivity contribution >= 4 is 17.7 Å². The SMILES string of the molecule is C=CCn1c(COc2ccc(C(C)C)cc2)nnc1SCC(=O)NCc1ccco1. The summed E-state index contributed by atoms with van der Waals surface area (Å²) in [5.74, 6) is 2.77. The molecular formula is C22H26N4O3S. The highest BCUT2D eigenvalue weighted by atomic mass is 32.2. The number of carbonyl (C=O) groups is 1. The van der Waals surface area contributed by atoms with Crippen LogP contribution in [-0.4, -0.2) is 26.4 Å². The van der Waals surface area contributed by atoms with Gasteiger partial charge in [0.2, 0.25) is 5.91 Å². The van der Waals surface area contributed by atoms with Crippen molar-refractivity contribution in [2.75, 3.05) is 5.75 Å². The highest BCUT2D eigenvalue weighted by Crippen LogP contribution is 2.21. The Balaban J connectivity index is 1.55. The quantitative estimate of drug-likeness (QED) is 0.366. The van der Waals surface area contributed by atoms with Crippen LogP contribution >= 0.6 is 11.8 Å². The lowest BCUT2D eigenvalue weighted by molar-refractivity contribution is -0.118. The van der Waals surface area contributed by atoms with E-state index in [1.54, 1.807) is 18.4 Å². The molecule has 1 N–H and O–H groups in total. The summed E-state index contributed by atoms with van der Waals surface area (Å²) in [7, 11) is 0. The van der Waals surface area contributed by atoms with Crippen LogP contribution in [0.2, 0.25) is 0 Å². The van der Waals surface area contributed by atoms with Crippen molar-refractivity contribution < 1.29 is 13.9 Å². The summed E-state index contributed by atoms with van der Waals surface area (Å²) in [6.07, 6.45) is 3.35. The Labute approximate surface area is 180 Å². The fraction of sp³-hybridized carbons (Fsp3) is 0.318. The minimum Gasteiger partial charge on any atom is -0.486 e. The standard InChI is InChI=1S/C22H26N4O3S/c1-4-11-26-20(14-29-18-9-7-17(8-10-18)16(2)3)24-25-22(26)30-15-21(27)23-13-19-6-5-12-28-19/h4-10,12,16H,1,11,13-15H2,2-3H3,(H,23,27). The summed E-state index contributed by atoms with van der Waals surface area (Å²) in [6.45, 7) is 9.30.